The third-order valence-electron chi connectivity index (χ3n) is 3.84. The second-order valence-corrected chi connectivity index (χ2v) is 7.04. The van der Waals surface area contributed by atoms with Crippen LogP contribution in [-0.4, -0.2) is 18.8 Å². The topological polar surface area (TPSA) is 35.5 Å². The lowest BCUT2D eigenvalue weighted by Gasteiger charge is -2.16. The smallest absolute Gasteiger partial charge is 0.323 e. The Bertz CT molecular complexity index is 643. The molecule has 0 fully saturated rings. The van der Waals surface area contributed by atoms with Crippen molar-refractivity contribution >= 4 is 17.7 Å². The molecule has 0 saturated heterocycles. The van der Waals surface area contributed by atoms with Gasteiger partial charge in [-0.15, -0.1) is 11.8 Å². The molecule has 0 aliphatic rings. The average Bonchev–Trinajstić information content (AvgIpc) is 2.65. The van der Waals surface area contributed by atoms with Crippen LogP contribution in [0.1, 0.15) is 43.4 Å². The van der Waals surface area contributed by atoms with E-state index in [-0.39, 0.29) is 11.2 Å². The highest BCUT2D eigenvalue weighted by atomic mass is 32.2. The molecule has 2 aromatic rings. The Hall–Kier alpha value is -1.94. The Morgan fingerprint density at radius 2 is 1.76 bits per heavy atom. The summed E-state index contributed by atoms with van der Waals surface area (Å²) in [4.78, 5) is 12.2. The molecule has 0 heterocycles. The number of para-hydroxylation sites is 1. The number of thioether (sulfide) groups is 1. The van der Waals surface area contributed by atoms with Crippen LogP contribution in [0.25, 0.3) is 0 Å². The van der Waals surface area contributed by atoms with Crippen molar-refractivity contribution in [3.05, 3.63) is 60.2 Å². The zero-order chi connectivity index (χ0) is 17.9. The molecule has 4 heteroatoms. The van der Waals surface area contributed by atoms with E-state index >= 15 is 0 Å². The molecule has 3 nitrogen and oxygen atoms in total. The minimum absolute atomic E-state index is 0.211. The number of carbonyl (C=O) groups excluding carboxylic acids is 1. The number of methoxy groups -OCH3 is 1. The van der Waals surface area contributed by atoms with E-state index in [2.05, 4.69) is 6.92 Å². The highest BCUT2D eigenvalue weighted by Crippen LogP contribution is 2.33. The molecule has 2 rings (SSSR count). The number of hydrogen-bond acceptors (Lipinski definition) is 4. The van der Waals surface area contributed by atoms with E-state index in [1.807, 2.05) is 54.6 Å². The van der Waals surface area contributed by atoms with Crippen LogP contribution < -0.4 is 4.74 Å². The van der Waals surface area contributed by atoms with E-state index in [0.29, 0.717) is 0 Å². The fraction of sp³-hybridized carbons (Fsp3) is 0.381. The molecular formula is C21H26O3S. The summed E-state index contributed by atoms with van der Waals surface area (Å²) >= 11 is 1.64. The van der Waals surface area contributed by atoms with Gasteiger partial charge in [0, 0.05) is 0 Å². The third-order valence-corrected chi connectivity index (χ3v) is 5.16. The van der Waals surface area contributed by atoms with Crippen LogP contribution in [-0.2, 0) is 9.53 Å². The minimum Gasteiger partial charge on any atom is -0.468 e. The van der Waals surface area contributed by atoms with E-state index in [9.17, 15) is 4.79 Å². The van der Waals surface area contributed by atoms with Crippen molar-refractivity contribution in [3.8, 4) is 11.5 Å². The number of rotatable bonds is 10. The molecule has 0 aliphatic carbocycles. The molecule has 0 amide bonds. The van der Waals surface area contributed by atoms with Crippen LogP contribution in [0.3, 0.4) is 0 Å². The maximum Gasteiger partial charge on any atom is 0.323 e. The summed E-state index contributed by atoms with van der Waals surface area (Å²) in [5, 5.41) is -0.314. The zero-order valence-electron chi connectivity index (χ0n) is 14.9. The predicted octanol–water partition coefficient (Wildman–Crippen LogP) is 6.01. The monoisotopic (exact) mass is 358 g/mol. The number of carbonyl (C=O) groups is 1. The van der Waals surface area contributed by atoms with Crippen molar-refractivity contribution in [2.75, 3.05) is 12.9 Å². The van der Waals surface area contributed by atoms with Crippen molar-refractivity contribution in [2.45, 2.75) is 37.9 Å². The van der Waals surface area contributed by atoms with Gasteiger partial charge in [0.05, 0.1) is 7.11 Å². The Labute approximate surface area is 154 Å². The van der Waals surface area contributed by atoms with Crippen molar-refractivity contribution in [1.82, 2.24) is 0 Å². The van der Waals surface area contributed by atoms with Gasteiger partial charge in [0.25, 0.3) is 0 Å². The van der Waals surface area contributed by atoms with Crippen molar-refractivity contribution < 1.29 is 14.3 Å². The van der Waals surface area contributed by atoms with E-state index in [1.165, 1.54) is 26.4 Å². The second-order valence-electron chi connectivity index (χ2n) is 5.82. The van der Waals surface area contributed by atoms with Gasteiger partial charge in [-0.2, -0.15) is 0 Å². The van der Waals surface area contributed by atoms with Crippen LogP contribution in [0.2, 0.25) is 0 Å². The van der Waals surface area contributed by atoms with E-state index in [4.69, 9.17) is 9.47 Å². The van der Waals surface area contributed by atoms with Gasteiger partial charge in [-0.1, -0.05) is 56.5 Å². The van der Waals surface area contributed by atoms with E-state index < -0.39 is 0 Å². The van der Waals surface area contributed by atoms with E-state index in [1.54, 1.807) is 11.8 Å². The Balaban J connectivity index is 2.05. The molecule has 1 unspecified atom stereocenters. The van der Waals surface area contributed by atoms with Crippen molar-refractivity contribution in [1.29, 1.82) is 0 Å². The molecule has 0 N–H and O–H groups in total. The molecule has 0 radical (unpaired) electrons. The molecule has 0 aliphatic heterocycles. The van der Waals surface area contributed by atoms with Gasteiger partial charge in [0.2, 0.25) is 0 Å². The first kappa shape index (κ1) is 19.4. The molecule has 1 atom stereocenters. The third kappa shape index (κ3) is 6.46. The quantitative estimate of drug-likeness (QED) is 0.385. The van der Waals surface area contributed by atoms with E-state index in [0.717, 1.165) is 29.2 Å². The average molecular weight is 359 g/mol. The Morgan fingerprint density at radius 1 is 1.00 bits per heavy atom. The fourth-order valence-electron chi connectivity index (χ4n) is 2.50. The van der Waals surface area contributed by atoms with Gasteiger partial charge in [-0.05, 0) is 42.0 Å². The highest BCUT2D eigenvalue weighted by molar-refractivity contribution is 8.00. The summed E-state index contributed by atoms with van der Waals surface area (Å²) in [5.74, 6) is 2.24. The molecule has 0 spiro atoms. The first-order valence-corrected chi connectivity index (χ1v) is 9.81. The van der Waals surface area contributed by atoms with Crippen LogP contribution in [0.15, 0.2) is 54.6 Å². The van der Waals surface area contributed by atoms with Gasteiger partial charge >= 0.3 is 5.97 Å². The summed E-state index contributed by atoms with van der Waals surface area (Å²) in [6, 6.07) is 17.3. The van der Waals surface area contributed by atoms with Crippen LogP contribution in [0, 0.1) is 0 Å². The van der Waals surface area contributed by atoms with Crippen LogP contribution >= 0.6 is 11.8 Å². The normalized spacial score (nSPS) is 11.8. The zero-order valence-corrected chi connectivity index (χ0v) is 15.8. The lowest BCUT2D eigenvalue weighted by atomic mass is 10.1. The van der Waals surface area contributed by atoms with Gasteiger partial charge in [-0.3, -0.25) is 4.79 Å². The maximum atomic E-state index is 12.2. The van der Waals surface area contributed by atoms with Gasteiger partial charge in [0.15, 0.2) is 0 Å². The first-order chi connectivity index (χ1) is 12.2. The predicted molar refractivity (Wildman–Crippen MR) is 104 cm³/mol. The largest absolute Gasteiger partial charge is 0.468 e. The van der Waals surface area contributed by atoms with Crippen LogP contribution in [0.4, 0.5) is 0 Å². The molecule has 0 saturated carbocycles. The van der Waals surface area contributed by atoms with Gasteiger partial charge in [-0.25, -0.2) is 0 Å². The maximum absolute atomic E-state index is 12.2. The molecule has 0 bridgehead atoms. The van der Waals surface area contributed by atoms with Gasteiger partial charge < -0.3 is 9.47 Å². The summed E-state index contributed by atoms with van der Waals surface area (Å²) in [5.41, 5.74) is 0.917. The number of unbranched alkanes of at least 4 members (excludes halogenated alkanes) is 3. The lowest BCUT2D eigenvalue weighted by molar-refractivity contribution is -0.140. The van der Waals surface area contributed by atoms with Crippen molar-refractivity contribution in [3.63, 3.8) is 0 Å². The number of benzene rings is 2. The number of hydrogen-bond donors (Lipinski definition) is 0. The molecule has 134 valence electrons. The SMILES string of the molecule is CCCCCCSC(C(=O)OC)c1cccc(Oc2ccccc2)c1. The second kappa shape index (κ2) is 10.8. The summed E-state index contributed by atoms with van der Waals surface area (Å²) in [6.45, 7) is 2.20. The van der Waals surface area contributed by atoms with Gasteiger partial charge in [0.1, 0.15) is 16.7 Å². The highest BCUT2D eigenvalue weighted by Gasteiger charge is 2.22. The molecule has 2 aromatic carbocycles. The summed E-state index contributed by atoms with van der Waals surface area (Å²) in [7, 11) is 1.44. The Morgan fingerprint density at radius 3 is 2.48 bits per heavy atom. The number of ether oxygens (including phenoxy) is 2. The fourth-order valence-corrected chi connectivity index (χ4v) is 3.68. The minimum atomic E-state index is -0.314. The van der Waals surface area contributed by atoms with Crippen molar-refractivity contribution in [2.24, 2.45) is 0 Å². The van der Waals surface area contributed by atoms with Crippen LogP contribution in [0.5, 0.6) is 11.5 Å². The number of esters is 1. The Kier molecular flexibility index (Phi) is 8.40. The standard InChI is InChI=1S/C21H26O3S/c1-3-4-5-9-15-25-20(21(22)23-2)17-11-10-14-19(16-17)24-18-12-7-6-8-13-18/h6-8,10-14,16,20H,3-5,9,15H2,1-2H3. The summed E-state index contributed by atoms with van der Waals surface area (Å²) < 4.78 is 10.9. The summed E-state index contributed by atoms with van der Waals surface area (Å²) in [6.07, 6.45) is 4.77. The molecule has 25 heavy (non-hydrogen) atoms. The molecular weight excluding hydrogens is 332 g/mol. The first-order valence-electron chi connectivity index (χ1n) is 8.77. The lowest BCUT2D eigenvalue weighted by Crippen LogP contribution is -2.12. The molecule has 0 aromatic heterocycles.